The molecule has 5 atom stereocenters. The van der Waals surface area contributed by atoms with Gasteiger partial charge in [0.05, 0.1) is 11.8 Å². The molecule has 6 nitrogen and oxygen atoms in total. The van der Waals surface area contributed by atoms with Crippen LogP contribution in [0.1, 0.15) is 30.9 Å². The molecule has 2 bridgehead atoms. The number of imide groups is 1. The number of nitrogens with one attached hydrogen (secondary N) is 2. The lowest BCUT2D eigenvalue weighted by Crippen LogP contribution is -2.50. The fourth-order valence-corrected chi connectivity index (χ4v) is 4.89. The topological polar surface area (TPSA) is 78.5 Å². The van der Waals surface area contributed by atoms with E-state index in [2.05, 4.69) is 22.8 Å². The molecule has 0 radical (unpaired) electrons. The van der Waals surface area contributed by atoms with Gasteiger partial charge in [-0.2, -0.15) is 0 Å². The molecule has 4 aliphatic rings. The minimum atomic E-state index is -0.681. The van der Waals surface area contributed by atoms with Gasteiger partial charge in [0.15, 0.2) is 0 Å². The Morgan fingerprint density at radius 3 is 2.04 bits per heavy atom. The fraction of sp³-hybridized carbons (Fsp3) is 0.476. The Hall–Kier alpha value is -2.63. The largest absolute Gasteiger partial charge is 0.320 e. The molecular formula is C21H25N3O3. The highest BCUT2D eigenvalue weighted by atomic mass is 16.2. The third kappa shape index (κ3) is 2.83. The maximum absolute atomic E-state index is 12.9. The third-order valence-corrected chi connectivity index (χ3v) is 6.24. The van der Waals surface area contributed by atoms with Crippen molar-refractivity contribution in [2.24, 2.45) is 23.7 Å². The molecule has 27 heavy (non-hydrogen) atoms. The number of fused-ring (bicyclic) bond motifs is 1. The van der Waals surface area contributed by atoms with E-state index >= 15 is 0 Å². The summed E-state index contributed by atoms with van der Waals surface area (Å²) in [6.07, 6.45) is 5.43. The van der Waals surface area contributed by atoms with Crippen molar-refractivity contribution >= 4 is 23.5 Å². The Labute approximate surface area is 159 Å². The van der Waals surface area contributed by atoms with Gasteiger partial charge < -0.3 is 10.6 Å². The van der Waals surface area contributed by atoms with Gasteiger partial charge in [0, 0.05) is 5.69 Å². The predicted octanol–water partition coefficient (Wildman–Crippen LogP) is 2.97. The van der Waals surface area contributed by atoms with Crippen LogP contribution >= 0.6 is 0 Å². The van der Waals surface area contributed by atoms with Crippen molar-refractivity contribution in [1.29, 1.82) is 0 Å². The normalized spacial score (nSPS) is 29.7. The average molecular weight is 367 g/mol. The van der Waals surface area contributed by atoms with E-state index in [4.69, 9.17) is 0 Å². The van der Waals surface area contributed by atoms with Crippen LogP contribution in [-0.4, -0.2) is 28.9 Å². The first-order valence-electron chi connectivity index (χ1n) is 9.57. The van der Waals surface area contributed by atoms with E-state index in [1.807, 2.05) is 32.0 Å². The molecule has 4 amide bonds. The highest BCUT2D eigenvalue weighted by Gasteiger charge is 2.57. The van der Waals surface area contributed by atoms with Gasteiger partial charge in [-0.1, -0.05) is 30.4 Å². The van der Waals surface area contributed by atoms with Crippen LogP contribution in [0, 0.1) is 37.5 Å². The fourth-order valence-electron chi connectivity index (χ4n) is 4.89. The zero-order valence-electron chi connectivity index (χ0n) is 15.9. The van der Waals surface area contributed by atoms with Gasteiger partial charge in [-0.15, -0.1) is 0 Å². The summed E-state index contributed by atoms with van der Waals surface area (Å²) in [5.74, 6) is -0.513. The maximum atomic E-state index is 12.9. The number of aryl methyl sites for hydroxylation is 2. The molecule has 1 saturated heterocycles. The molecule has 1 aliphatic heterocycles. The summed E-state index contributed by atoms with van der Waals surface area (Å²) < 4.78 is 0. The van der Waals surface area contributed by atoms with E-state index in [0.717, 1.165) is 29.7 Å². The summed E-state index contributed by atoms with van der Waals surface area (Å²) in [6, 6.07) is 5.36. The highest BCUT2D eigenvalue weighted by Crippen LogP contribution is 2.49. The molecule has 3 aliphatic carbocycles. The number of likely N-dealkylation sites (tertiary alicyclic amines) is 1. The number of anilines is 1. The lowest BCUT2D eigenvalue weighted by molar-refractivity contribution is -0.142. The zero-order chi connectivity index (χ0) is 19.3. The number of nitrogens with zero attached hydrogens (tertiary/aromatic N) is 1. The summed E-state index contributed by atoms with van der Waals surface area (Å²) in [5.41, 5.74) is 2.66. The monoisotopic (exact) mass is 367 g/mol. The molecule has 1 aromatic rings. The van der Waals surface area contributed by atoms with Crippen LogP contribution in [-0.2, 0) is 9.59 Å². The SMILES string of the molecule is Cc1cccc(C)c1NC(=O)NC(C)N1C(=O)C2C3C=CC(CC3)C2C1=O. The van der Waals surface area contributed by atoms with Crippen LogP contribution in [0.5, 0.6) is 0 Å². The molecule has 0 spiro atoms. The average Bonchev–Trinajstić information content (AvgIpc) is 2.92. The number of hydrogen-bond donors (Lipinski definition) is 2. The molecule has 1 heterocycles. The second-order valence-corrected chi connectivity index (χ2v) is 7.93. The number of benzene rings is 1. The summed E-state index contributed by atoms with van der Waals surface area (Å²) in [6.45, 7) is 5.53. The second kappa shape index (κ2) is 6.51. The van der Waals surface area contributed by atoms with E-state index in [1.165, 1.54) is 4.90 Å². The minimum absolute atomic E-state index is 0.149. The van der Waals surface area contributed by atoms with Crippen LogP contribution in [0.2, 0.25) is 0 Å². The van der Waals surface area contributed by atoms with Gasteiger partial charge in [0.1, 0.15) is 6.17 Å². The first-order valence-corrected chi connectivity index (χ1v) is 9.57. The van der Waals surface area contributed by atoms with Crippen LogP contribution in [0.15, 0.2) is 30.4 Å². The number of hydrogen-bond acceptors (Lipinski definition) is 3. The van der Waals surface area contributed by atoms with Crippen molar-refractivity contribution in [3.05, 3.63) is 41.5 Å². The predicted molar refractivity (Wildman–Crippen MR) is 102 cm³/mol. The van der Waals surface area contributed by atoms with Crippen LogP contribution in [0.3, 0.4) is 0 Å². The summed E-state index contributed by atoms with van der Waals surface area (Å²) in [4.78, 5) is 39.6. The van der Waals surface area contributed by atoms with Crippen LogP contribution in [0.4, 0.5) is 10.5 Å². The molecular weight excluding hydrogens is 342 g/mol. The lowest BCUT2D eigenvalue weighted by Gasteiger charge is -2.38. The Balaban J connectivity index is 1.47. The maximum Gasteiger partial charge on any atom is 0.320 e. The molecule has 2 N–H and O–H groups in total. The van der Waals surface area contributed by atoms with Gasteiger partial charge in [-0.3, -0.25) is 14.5 Å². The summed E-state index contributed by atoms with van der Waals surface area (Å²) >= 11 is 0. The van der Waals surface area contributed by atoms with Gasteiger partial charge in [0.2, 0.25) is 11.8 Å². The molecule has 142 valence electrons. The molecule has 1 aromatic carbocycles. The van der Waals surface area contributed by atoms with Gasteiger partial charge >= 0.3 is 6.03 Å². The van der Waals surface area contributed by atoms with Crippen molar-refractivity contribution in [1.82, 2.24) is 10.2 Å². The van der Waals surface area contributed by atoms with E-state index in [9.17, 15) is 14.4 Å². The molecule has 6 heteroatoms. The summed E-state index contributed by atoms with van der Waals surface area (Å²) in [7, 11) is 0. The van der Waals surface area contributed by atoms with Gasteiger partial charge in [0.25, 0.3) is 0 Å². The Morgan fingerprint density at radius 2 is 1.56 bits per heavy atom. The second-order valence-electron chi connectivity index (χ2n) is 7.93. The smallest absolute Gasteiger partial charge is 0.317 e. The van der Waals surface area contributed by atoms with Gasteiger partial charge in [-0.25, -0.2) is 4.79 Å². The first kappa shape index (κ1) is 17.8. The van der Waals surface area contributed by atoms with Crippen molar-refractivity contribution in [2.45, 2.75) is 39.8 Å². The summed E-state index contributed by atoms with van der Waals surface area (Å²) in [5, 5.41) is 5.60. The number of carbonyl (C=O) groups is 3. The molecule has 2 fully saturated rings. The molecule has 0 aromatic heterocycles. The molecule has 5 rings (SSSR count). The van der Waals surface area contributed by atoms with E-state index < -0.39 is 12.2 Å². The zero-order valence-corrected chi connectivity index (χ0v) is 15.9. The Kier molecular flexibility index (Phi) is 4.29. The minimum Gasteiger partial charge on any atom is -0.317 e. The number of urea groups is 1. The Bertz CT molecular complexity index is 795. The third-order valence-electron chi connectivity index (χ3n) is 6.24. The number of allylic oxidation sites excluding steroid dienone is 2. The van der Waals surface area contributed by atoms with Crippen molar-refractivity contribution in [3.8, 4) is 0 Å². The van der Waals surface area contributed by atoms with Gasteiger partial charge in [-0.05, 0) is 56.6 Å². The lowest BCUT2D eigenvalue weighted by atomic mass is 9.63. The standard InChI is InChI=1S/C21H25N3O3/c1-11-5-4-6-12(2)18(11)23-21(27)22-13(3)24-19(25)16-14-7-8-15(10-9-14)17(16)20(24)26/h4-8,13-17H,9-10H2,1-3H3,(H2,22,23,27). The molecule has 5 unspecified atom stereocenters. The van der Waals surface area contributed by atoms with Crippen molar-refractivity contribution in [2.75, 3.05) is 5.32 Å². The Morgan fingerprint density at radius 1 is 1.04 bits per heavy atom. The van der Waals surface area contributed by atoms with Crippen LogP contribution in [0.25, 0.3) is 0 Å². The van der Waals surface area contributed by atoms with Crippen LogP contribution < -0.4 is 10.6 Å². The number of rotatable bonds is 3. The number of carbonyl (C=O) groups excluding carboxylic acids is 3. The highest BCUT2D eigenvalue weighted by molar-refractivity contribution is 6.06. The molecule has 1 saturated carbocycles. The van der Waals surface area contributed by atoms with Crippen molar-refractivity contribution in [3.63, 3.8) is 0 Å². The number of amides is 4. The first-order chi connectivity index (χ1) is 12.9. The van der Waals surface area contributed by atoms with E-state index in [0.29, 0.717) is 0 Å². The van der Waals surface area contributed by atoms with E-state index in [1.54, 1.807) is 6.92 Å². The quantitative estimate of drug-likeness (QED) is 0.637. The van der Waals surface area contributed by atoms with Crippen molar-refractivity contribution < 1.29 is 14.4 Å². The van der Waals surface area contributed by atoms with E-state index in [-0.39, 0.29) is 35.5 Å². The number of para-hydroxylation sites is 1.